The predicted molar refractivity (Wildman–Crippen MR) is 107 cm³/mol. The third kappa shape index (κ3) is 3.27. The predicted octanol–water partition coefficient (Wildman–Crippen LogP) is 3.91. The Labute approximate surface area is 157 Å². The van der Waals surface area contributed by atoms with Crippen molar-refractivity contribution in [1.82, 2.24) is 5.43 Å². The van der Waals surface area contributed by atoms with Gasteiger partial charge in [-0.2, -0.15) is 0 Å². The Morgan fingerprint density at radius 2 is 1.74 bits per heavy atom. The summed E-state index contributed by atoms with van der Waals surface area (Å²) in [6.45, 7) is 1.93. The molecule has 3 aromatic rings. The standard InChI is InChI=1S/C22H19N3O2/c1-15-7-2-5-12-20(15)25-21(26)14-13-19(24-25)22(27)23-18-11-6-9-16-8-3-4-10-17(16)18/h2-13,24H,14H2,1H3,(H,23,27). The van der Waals surface area contributed by atoms with Crippen molar-refractivity contribution in [3.05, 3.63) is 84.1 Å². The fourth-order valence-corrected chi connectivity index (χ4v) is 3.19. The van der Waals surface area contributed by atoms with Gasteiger partial charge < -0.3 is 5.32 Å². The second-order valence-electron chi connectivity index (χ2n) is 6.43. The first-order valence-electron chi connectivity index (χ1n) is 8.78. The summed E-state index contributed by atoms with van der Waals surface area (Å²) in [5, 5.41) is 6.41. The van der Waals surface area contributed by atoms with Crippen LogP contribution in [0.5, 0.6) is 0 Å². The zero-order valence-electron chi connectivity index (χ0n) is 14.9. The van der Waals surface area contributed by atoms with Gasteiger partial charge in [0, 0.05) is 17.5 Å². The Bertz CT molecular complexity index is 1070. The van der Waals surface area contributed by atoms with E-state index in [0.717, 1.165) is 27.7 Å². The molecule has 1 aliphatic rings. The number of hydrazine groups is 1. The fraction of sp³-hybridized carbons (Fsp3) is 0.0909. The van der Waals surface area contributed by atoms with Crippen LogP contribution in [0, 0.1) is 6.92 Å². The topological polar surface area (TPSA) is 61.4 Å². The van der Waals surface area contributed by atoms with Crippen molar-refractivity contribution in [2.45, 2.75) is 13.3 Å². The number of nitrogens with one attached hydrogen (secondary N) is 2. The van der Waals surface area contributed by atoms with Crippen LogP contribution in [-0.4, -0.2) is 11.8 Å². The summed E-state index contributed by atoms with van der Waals surface area (Å²) in [7, 11) is 0. The van der Waals surface area contributed by atoms with Crippen LogP contribution >= 0.6 is 0 Å². The van der Waals surface area contributed by atoms with Crippen LogP contribution in [-0.2, 0) is 9.59 Å². The van der Waals surface area contributed by atoms with Crippen LogP contribution in [0.4, 0.5) is 11.4 Å². The molecule has 0 fully saturated rings. The van der Waals surface area contributed by atoms with E-state index in [9.17, 15) is 9.59 Å². The molecular formula is C22H19N3O2. The minimum Gasteiger partial charge on any atom is -0.320 e. The largest absolute Gasteiger partial charge is 0.320 e. The van der Waals surface area contributed by atoms with Crippen LogP contribution in [0.15, 0.2) is 78.5 Å². The summed E-state index contributed by atoms with van der Waals surface area (Å²) in [6, 6.07) is 21.2. The van der Waals surface area contributed by atoms with Gasteiger partial charge in [0.15, 0.2) is 0 Å². The van der Waals surface area contributed by atoms with E-state index in [1.165, 1.54) is 5.01 Å². The first-order valence-corrected chi connectivity index (χ1v) is 8.78. The lowest BCUT2D eigenvalue weighted by Crippen LogP contribution is -2.48. The van der Waals surface area contributed by atoms with E-state index in [0.29, 0.717) is 5.70 Å². The number of hydrogen-bond acceptors (Lipinski definition) is 3. The smallest absolute Gasteiger partial charge is 0.273 e. The molecule has 1 heterocycles. The van der Waals surface area contributed by atoms with Gasteiger partial charge >= 0.3 is 0 Å². The molecule has 1 aliphatic heterocycles. The Balaban J connectivity index is 1.59. The Morgan fingerprint density at radius 3 is 2.59 bits per heavy atom. The molecule has 5 heteroatoms. The number of fused-ring (bicyclic) bond motifs is 1. The number of anilines is 2. The lowest BCUT2D eigenvalue weighted by Gasteiger charge is -2.29. The fourth-order valence-electron chi connectivity index (χ4n) is 3.19. The minimum absolute atomic E-state index is 0.106. The summed E-state index contributed by atoms with van der Waals surface area (Å²) >= 11 is 0. The zero-order chi connectivity index (χ0) is 18.8. The van der Waals surface area contributed by atoms with E-state index in [2.05, 4.69) is 10.7 Å². The van der Waals surface area contributed by atoms with Gasteiger partial charge in [-0.25, -0.2) is 5.01 Å². The van der Waals surface area contributed by atoms with Gasteiger partial charge in [0.25, 0.3) is 5.91 Å². The molecule has 0 atom stereocenters. The maximum atomic E-state index is 12.8. The Hall–Kier alpha value is -3.60. The molecule has 3 aromatic carbocycles. The Kier molecular flexibility index (Phi) is 4.34. The number of benzene rings is 3. The van der Waals surface area contributed by atoms with Gasteiger partial charge in [-0.05, 0) is 36.1 Å². The maximum Gasteiger partial charge on any atom is 0.273 e. The molecule has 0 bridgehead atoms. The average Bonchev–Trinajstić information content (AvgIpc) is 2.69. The molecule has 0 saturated heterocycles. The molecule has 2 N–H and O–H groups in total. The van der Waals surface area contributed by atoms with E-state index in [-0.39, 0.29) is 18.2 Å². The highest BCUT2D eigenvalue weighted by atomic mass is 16.2. The molecule has 0 unspecified atom stereocenters. The molecule has 0 saturated carbocycles. The van der Waals surface area contributed by atoms with Crippen LogP contribution in [0.25, 0.3) is 10.8 Å². The summed E-state index contributed by atoms with van der Waals surface area (Å²) in [6.07, 6.45) is 1.79. The molecule has 4 rings (SSSR count). The molecule has 5 nitrogen and oxygen atoms in total. The Morgan fingerprint density at radius 1 is 1.00 bits per heavy atom. The van der Waals surface area contributed by atoms with Crippen molar-refractivity contribution < 1.29 is 9.59 Å². The zero-order valence-corrected chi connectivity index (χ0v) is 14.9. The molecule has 0 aromatic heterocycles. The lowest BCUT2D eigenvalue weighted by atomic mass is 10.1. The van der Waals surface area contributed by atoms with Crippen LogP contribution in [0.3, 0.4) is 0 Å². The quantitative estimate of drug-likeness (QED) is 0.747. The third-order valence-electron chi connectivity index (χ3n) is 4.60. The van der Waals surface area contributed by atoms with Crippen LogP contribution in [0.1, 0.15) is 12.0 Å². The van der Waals surface area contributed by atoms with Gasteiger partial charge in [0.05, 0.1) is 5.69 Å². The second kappa shape index (κ2) is 6.96. The van der Waals surface area contributed by atoms with E-state index in [4.69, 9.17) is 0 Å². The van der Waals surface area contributed by atoms with Crippen molar-refractivity contribution in [3.63, 3.8) is 0 Å². The second-order valence-corrected chi connectivity index (χ2v) is 6.43. The summed E-state index contributed by atoms with van der Waals surface area (Å²) in [5.74, 6) is -0.386. The lowest BCUT2D eigenvalue weighted by molar-refractivity contribution is -0.119. The number of rotatable bonds is 3. The van der Waals surface area contributed by atoms with Crippen molar-refractivity contribution in [2.24, 2.45) is 0 Å². The van der Waals surface area contributed by atoms with Gasteiger partial charge in [0.2, 0.25) is 5.91 Å². The highest BCUT2D eigenvalue weighted by Crippen LogP contribution is 2.25. The first-order chi connectivity index (χ1) is 13.1. The number of carbonyl (C=O) groups excluding carboxylic acids is 2. The number of amides is 2. The van der Waals surface area contributed by atoms with Crippen molar-refractivity contribution >= 4 is 34.0 Å². The summed E-state index contributed by atoms with van der Waals surface area (Å²) < 4.78 is 0. The number of carbonyl (C=O) groups is 2. The summed E-state index contributed by atoms with van der Waals surface area (Å²) in [4.78, 5) is 25.1. The number of hydrogen-bond donors (Lipinski definition) is 2. The molecular weight excluding hydrogens is 338 g/mol. The van der Waals surface area contributed by atoms with Crippen molar-refractivity contribution in [2.75, 3.05) is 10.3 Å². The summed E-state index contributed by atoms with van der Waals surface area (Å²) in [5.41, 5.74) is 5.74. The first kappa shape index (κ1) is 16.8. The van der Waals surface area contributed by atoms with E-state index in [1.54, 1.807) is 6.08 Å². The molecule has 0 spiro atoms. The molecule has 27 heavy (non-hydrogen) atoms. The maximum absolute atomic E-state index is 12.8. The van der Waals surface area contributed by atoms with E-state index in [1.807, 2.05) is 73.7 Å². The SMILES string of the molecule is Cc1ccccc1N1NC(C(=O)Nc2cccc3ccccc23)=CCC1=O. The van der Waals surface area contributed by atoms with Crippen molar-refractivity contribution in [3.8, 4) is 0 Å². The minimum atomic E-state index is -0.280. The van der Waals surface area contributed by atoms with Gasteiger partial charge in [0.1, 0.15) is 5.70 Å². The average molecular weight is 357 g/mol. The number of aryl methyl sites for hydroxylation is 1. The van der Waals surface area contributed by atoms with E-state index < -0.39 is 0 Å². The van der Waals surface area contributed by atoms with Gasteiger partial charge in [-0.15, -0.1) is 0 Å². The highest BCUT2D eigenvalue weighted by molar-refractivity contribution is 6.10. The van der Waals surface area contributed by atoms with Crippen LogP contribution in [0.2, 0.25) is 0 Å². The van der Waals surface area contributed by atoms with E-state index >= 15 is 0 Å². The highest BCUT2D eigenvalue weighted by Gasteiger charge is 2.25. The monoisotopic (exact) mass is 357 g/mol. The van der Waals surface area contributed by atoms with Gasteiger partial charge in [-0.3, -0.25) is 15.0 Å². The molecule has 2 amide bonds. The van der Waals surface area contributed by atoms with Gasteiger partial charge in [-0.1, -0.05) is 54.6 Å². The van der Waals surface area contributed by atoms with Crippen LogP contribution < -0.4 is 15.8 Å². The molecule has 134 valence electrons. The van der Waals surface area contributed by atoms with Crippen molar-refractivity contribution in [1.29, 1.82) is 0 Å². The molecule has 0 aliphatic carbocycles. The molecule has 0 radical (unpaired) electrons. The number of nitrogens with zero attached hydrogens (tertiary/aromatic N) is 1. The normalized spacial score (nSPS) is 13.9. The third-order valence-corrected chi connectivity index (χ3v) is 4.60. The number of para-hydroxylation sites is 1.